The monoisotopic (exact) mass is 255 g/mol. The largest absolute Gasteiger partial charge is 0.444 e. The number of nitrogens with one attached hydrogen (secondary N) is 1. The van der Waals surface area contributed by atoms with Gasteiger partial charge in [-0.2, -0.15) is 5.10 Å². The molecule has 1 aromatic heterocycles. The van der Waals surface area contributed by atoms with E-state index in [2.05, 4.69) is 10.4 Å². The molecule has 0 bridgehead atoms. The Morgan fingerprint density at radius 2 is 2.22 bits per heavy atom. The number of carbonyl (C=O) groups excluding carboxylic acids is 1. The molecule has 6 heteroatoms. The van der Waals surface area contributed by atoms with Gasteiger partial charge in [-0.25, -0.2) is 4.79 Å². The molecular weight excluding hydrogens is 234 g/mol. The smallest absolute Gasteiger partial charge is 0.407 e. The Labute approximate surface area is 107 Å². The van der Waals surface area contributed by atoms with Crippen molar-refractivity contribution in [2.45, 2.75) is 46.4 Å². The van der Waals surface area contributed by atoms with Crippen LogP contribution in [0, 0.1) is 6.92 Å². The molecule has 0 unspecified atom stereocenters. The Hall–Kier alpha value is -1.56. The zero-order valence-corrected chi connectivity index (χ0v) is 11.4. The lowest BCUT2D eigenvalue weighted by Gasteiger charge is -2.19. The molecule has 0 aliphatic carbocycles. The maximum absolute atomic E-state index is 11.5. The first kappa shape index (κ1) is 14.5. The van der Waals surface area contributed by atoms with E-state index >= 15 is 0 Å². The van der Waals surface area contributed by atoms with Crippen LogP contribution >= 0.6 is 0 Å². The van der Waals surface area contributed by atoms with Gasteiger partial charge in [-0.3, -0.25) is 4.68 Å². The van der Waals surface area contributed by atoms with Crippen molar-refractivity contribution in [1.29, 1.82) is 0 Å². The fraction of sp³-hybridized carbons (Fsp3) is 0.667. The lowest BCUT2D eigenvalue weighted by molar-refractivity contribution is 0.0522. The zero-order valence-electron chi connectivity index (χ0n) is 11.4. The summed E-state index contributed by atoms with van der Waals surface area (Å²) in [6.45, 7) is 8.16. The van der Waals surface area contributed by atoms with Crippen LogP contribution in [0.1, 0.15) is 32.0 Å². The number of aliphatic hydroxyl groups is 1. The molecule has 6 nitrogen and oxygen atoms in total. The predicted octanol–water partition coefficient (Wildman–Crippen LogP) is 1.21. The summed E-state index contributed by atoms with van der Waals surface area (Å²) in [5, 5.41) is 15.7. The van der Waals surface area contributed by atoms with E-state index in [4.69, 9.17) is 9.84 Å². The number of alkyl carbamates (subject to hydrolysis) is 1. The maximum Gasteiger partial charge on any atom is 0.407 e. The molecule has 18 heavy (non-hydrogen) atoms. The van der Waals surface area contributed by atoms with E-state index < -0.39 is 11.7 Å². The molecule has 0 saturated heterocycles. The first-order valence-corrected chi connectivity index (χ1v) is 5.92. The molecule has 0 aromatic carbocycles. The molecule has 1 rings (SSSR count). The molecule has 0 fully saturated rings. The minimum absolute atomic E-state index is 0.0417. The molecule has 2 N–H and O–H groups in total. The Balaban J connectivity index is 2.50. The number of rotatable bonds is 4. The highest BCUT2D eigenvalue weighted by Crippen LogP contribution is 2.08. The normalized spacial score (nSPS) is 11.4. The number of hydrogen-bond donors (Lipinski definition) is 2. The minimum atomic E-state index is -0.505. The van der Waals surface area contributed by atoms with Crippen LogP contribution in [0.3, 0.4) is 0 Å². The molecular formula is C12H21N3O3. The third kappa shape index (κ3) is 4.75. The van der Waals surface area contributed by atoms with Crippen molar-refractivity contribution < 1.29 is 14.6 Å². The van der Waals surface area contributed by atoms with Crippen molar-refractivity contribution in [1.82, 2.24) is 15.1 Å². The number of nitrogens with zero attached hydrogens (tertiary/aromatic N) is 2. The lowest BCUT2D eigenvalue weighted by atomic mass is 10.2. The second-order valence-corrected chi connectivity index (χ2v) is 5.10. The van der Waals surface area contributed by atoms with E-state index in [1.807, 2.05) is 33.9 Å². The van der Waals surface area contributed by atoms with Crippen LogP contribution < -0.4 is 5.32 Å². The summed E-state index contributed by atoms with van der Waals surface area (Å²) in [5.74, 6) is 0. The van der Waals surface area contributed by atoms with Crippen LogP contribution in [-0.4, -0.2) is 33.2 Å². The third-order valence-corrected chi connectivity index (χ3v) is 2.18. The van der Waals surface area contributed by atoms with Crippen molar-refractivity contribution in [3.8, 4) is 0 Å². The zero-order chi connectivity index (χ0) is 13.8. The van der Waals surface area contributed by atoms with Crippen LogP contribution in [-0.2, 0) is 17.8 Å². The SMILES string of the molecule is Cc1cn(CCO)nc1CNC(=O)OC(C)(C)C. The van der Waals surface area contributed by atoms with Crippen molar-refractivity contribution in [3.63, 3.8) is 0 Å². The average molecular weight is 255 g/mol. The van der Waals surface area contributed by atoms with Crippen LogP contribution in [0.2, 0.25) is 0 Å². The molecule has 0 atom stereocenters. The van der Waals surface area contributed by atoms with Crippen LogP contribution in [0.25, 0.3) is 0 Å². The van der Waals surface area contributed by atoms with Crippen molar-refractivity contribution >= 4 is 6.09 Å². The van der Waals surface area contributed by atoms with Gasteiger partial charge in [-0.15, -0.1) is 0 Å². The van der Waals surface area contributed by atoms with E-state index in [-0.39, 0.29) is 6.61 Å². The number of hydrogen-bond acceptors (Lipinski definition) is 4. The van der Waals surface area contributed by atoms with Crippen molar-refractivity contribution in [2.75, 3.05) is 6.61 Å². The Kier molecular flexibility index (Phi) is 4.72. The molecule has 0 aliphatic rings. The average Bonchev–Trinajstić information content (AvgIpc) is 2.54. The van der Waals surface area contributed by atoms with E-state index in [9.17, 15) is 4.79 Å². The number of aryl methyl sites for hydroxylation is 1. The van der Waals surface area contributed by atoms with Gasteiger partial charge in [0, 0.05) is 6.20 Å². The van der Waals surface area contributed by atoms with E-state index in [0.29, 0.717) is 13.1 Å². The van der Waals surface area contributed by atoms with Crippen molar-refractivity contribution in [3.05, 3.63) is 17.5 Å². The topological polar surface area (TPSA) is 76.4 Å². The quantitative estimate of drug-likeness (QED) is 0.847. The molecule has 102 valence electrons. The summed E-state index contributed by atoms with van der Waals surface area (Å²) < 4.78 is 6.78. The van der Waals surface area contributed by atoms with Crippen LogP contribution in [0.4, 0.5) is 4.79 Å². The van der Waals surface area contributed by atoms with Gasteiger partial charge in [0.25, 0.3) is 0 Å². The van der Waals surface area contributed by atoms with Gasteiger partial charge in [-0.1, -0.05) is 0 Å². The summed E-state index contributed by atoms with van der Waals surface area (Å²) in [5.41, 5.74) is 1.24. The maximum atomic E-state index is 11.5. The lowest BCUT2D eigenvalue weighted by Crippen LogP contribution is -2.32. The highest BCUT2D eigenvalue weighted by atomic mass is 16.6. The fourth-order valence-corrected chi connectivity index (χ4v) is 1.42. The second kappa shape index (κ2) is 5.86. The highest BCUT2D eigenvalue weighted by molar-refractivity contribution is 5.67. The minimum Gasteiger partial charge on any atom is -0.444 e. The Bertz CT molecular complexity index is 407. The molecule has 0 spiro atoms. The van der Waals surface area contributed by atoms with Gasteiger partial charge >= 0.3 is 6.09 Å². The van der Waals surface area contributed by atoms with E-state index in [1.54, 1.807) is 4.68 Å². The third-order valence-electron chi connectivity index (χ3n) is 2.18. The standard InChI is InChI=1S/C12H21N3O3/c1-9-8-15(5-6-16)14-10(9)7-13-11(17)18-12(2,3)4/h8,16H,5-7H2,1-4H3,(H,13,17). The van der Waals surface area contributed by atoms with Gasteiger partial charge in [0.15, 0.2) is 0 Å². The number of ether oxygens (including phenoxy) is 1. The van der Waals surface area contributed by atoms with Gasteiger partial charge < -0.3 is 15.2 Å². The molecule has 0 aliphatic heterocycles. The number of carbonyl (C=O) groups is 1. The summed E-state index contributed by atoms with van der Waals surface area (Å²) in [7, 11) is 0. The summed E-state index contributed by atoms with van der Waals surface area (Å²) in [6, 6.07) is 0. The van der Waals surface area contributed by atoms with Crippen molar-refractivity contribution in [2.24, 2.45) is 0 Å². The van der Waals surface area contributed by atoms with Crippen LogP contribution in [0.15, 0.2) is 6.20 Å². The summed E-state index contributed by atoms with van der Waals surface area (Å²) in [4.78, 5) is 11.5. The second-order valence-electron chi connectivity index (χ2n) is 5.10. The number of amides is 1. The van der Waals surface area contributed by atoms with E-state index in [1.165, 1.54) is 0 Å². The highest BCUT2D eigenvalue weighted by Gasteiger charge is 2.16. The molecule has 1 heterocycles. The fourth-order valence-electron chi connectivity index (χ4n) is 1.42. The first-order chi connectivity index (χ1) is 8.31. The molecule has 0 radical (unpaired) electrons. The number of aliphatic hydroxyl groups excluding tert-OH is 1. The van der Waals surface area contributed by atoms with Gasteiger partial charge in [-0.05, 0) is 33.3 Å². The molecule has 0 saturated carbocycles. The summed E-state index contributed by atoms with van der Waals surface area (Å²) in [6.07, 6.45) is 1.38. The number of aromatic nitrogens is 2. The van der Waals surface area contributed by atoms with E-state index in [0.717, 1.165) is 11.3 Å². The molecule has 1 aromatic rings. The van der Waals surface area contributed by atoms with Gasteiger partial charge in [0.05, 0.1) is 25.4 Å². The Morgan fingerprint density at radius 3 is 2.78 bits per heavy atom. The predicted molar refractivity (Wildman–Crippen MR) is 67.1 cm³/mol. The summed E-state index contributed by atoms with van der Waals surface area (Å²) >= 11 is 0. The molecule has 1 amide bonds. The van der Waals surface area contributed by atoms with Crippen LogP contribution in [0.5, 0.6) is 0 Å². The van der Waals surface area contributed by atoms with Gasteiger partial charge in [0.2, 0.25) is 0 Å². The Morgan fingerprint density at radius 1 is 1.56 bits per heavy atom. The van der Waals surface area contributed by atoms with Gasteiger partial charge in [0.1, 0.15) is 5.60 Å². The first-order valence-electron chi connectivity index (χ1n) is 5.92.